The van der Waals surface area contributed by atoms with Crippen LogP contribution in [0.4, 0.5) is 11.4 Å². The first-order chi connectivity index (χ1) is 11.6. The van der Waals surface area contributed by atoms with Crippen molar-refractivity contribution in [1.29, 1.82) is 0 Å². The quantitative estimate of drug-likeness (QED) is 0.827. The van der Waals surface area contributed by atoms with Gasteiger partial charge in [0, 0.05) is 12.1 Å². The molecule has 0 aliphatic carbocycles. The van der Waals surface area contributed by atoms with Gasteiger partial charge in [0.25, 0.3) is 5.91 Å². The van der Waals surface area contributed by atoms with E-state index in [0.717, 1.165) is 10.6 Å². The largest absolute Gasteiger partial charge is 0.495 e. The Morgan fingerprint density at radius 1 is 1.16 bits per heavy atom. The summed E-state index contributed by atoms with van der Waals surface area (Å²) in [5.74, 6) is -0.0902. The van der Waals surface area contributed by atoms with Gasteiger partial charge in [-0.1, -0.05) is 23.2 Å². The molecule has 0 heterocycles. The van der Waals surface area contributed by atoms with Crippen LogP contribution in [0.2, 0.25) is 10.0 Å². The highest BCUT2D eigenvalue weighted by Crippen LogP contribution is 2.30. The van der Waals surface area contributed by atoms with Crippen LogP contribution in [0.15, 0.2) is 36.4 Å². The molecule has 0 unspecified atom stereocenters. The van der Waals surface area contributed by atoms with Gasteiger partial charge in [0.1, 0.15) is 5.75 Å². The Morgan fingerprint density at radius 3 is 2.44 bits per heavy atom. The molecule has 0 aromatic heterocycles. The van der Waals surface area contributed by atoms with E-state index in [1.807, 2.05) is 0 Å². The zero-order valence-corrected chi connectivity index (χ0v) is 16.0. The second-order valence-electron chi connectivity index (χ2n) is 5.19. The van der Waals surface area contributed by atoms with Gasteiger partial charge < -0.3 is 10.1 Å². The molecule has 0 saturated carbocycles. The second kappa shape index (κ2) is 7.51. The molecular formula is C16H16Cl2N2O4S. The number of nitrogens with zero attached hydrogens (tertiary/aromatic N) is 1. The van der Waals surface area contributed by atoms with Crippen molar-refractivity contribution in [3.8, 4) is 5.75 Å². The molecule has 0 aliphatic heterocycles. The van der Waals surface area contributed by atoms with Gasteiger partial charge in [-0.25, -0.2) is 8.42 Å². The molecule has 2 aromatic carbocycles. The lowest BCUT2D eigenvalue weighted by Crippen LogP contribution is -2.25. The van der Waals surface area contributed by atoms with E-state index in [1.165, 1.54) is 32.4 Å². The van der Waals surface area contributed by atoms with E-state index in [2.05, 4.69) is 5.32 Å². The Morgan fingerprint density at radius 2 is 1.84 bits per heavy atom. The first-order valence-corrected chi connectivity index (χ1v) is 9.62. The van der Waals surface area contributed by atoms with Crippen molar-refractivity contribution < 1.29 is 17.9 Å². The van der Waals surface area contributed by atoms with Crippen LogP contribution in [0.5, 0.6) is 5.75 Å². The Hall–Kier alpha value is -1.96. The summed E-state index contributed by atoms with van der Waals surface area (Å²) in [4.78, 5) is 12.6. The van der Waals surface area contributed by atoms with Crippen molar-refractivity contribution in [1.82, 2.24) is 0 Å². The van der Waals surface area contributed by atoms with E-state index >= 15 is 0 Å². The highest BCUT2D eigenvalue weighted by Gasteiger charge is 2.18. The van der Waals surface area contributed by atoms with Gasteiger partial charge in [-0.15, -0.1) is 0 Å². The van der Waals surface area contributed by atoms with Gasteiger partial charge in [-0.05, 0) is 36.4 Å². The van der Waals surface area contributed by atoms with E-state index in [-0.39, 0.29) is 10.6 Å². The summed E-state index contributed by atoms with van der Waals surface area (Å²) in [5, 5.41) is 3.27. The first-order valence-electron chi connectivity index (χ1n) is 7.02. The molecule has 1 N–H and O–H groups in total. The molecule has 2 aromatic rings. The summed E-state index contributed by atoms with van der Waals surface area (Å²) < 4.78 is 29.6. The molecule has 25 heavy (non-hydrogen) atoms. The van der Waals surface area contributed by atoms with Crippen LogP contribution in [0.3, 0.4) is 0 Å². The van der Waals surface area contributed by atoms with Crippen LogP contribution in [-0.4, -0.2) is 34.7 Å². The number of hydrogen-bond acceptors (Lipinski definition) is 4. The maximum absolute atomic E-state index is 12.6. The Labute approximate surface area is 156 Å². The molecular weight excluding hydrogens is 387 g/mol. The van der Waals surface area contributed by atoms with Crippen molar-refractivity contribution in [2.75, 3.05) is 30.0 Å². The summed E-state index contributed by atoms with van der Waals surface area (Å²) in [5.41, 5.74) is 0.810. The van der Waals surface area contributed by atoms with Gasteiger partial charge in [0.2, 0.25) is 10.0 Å². The normalized spacial score (nSPS) is 11.1. The number of methoxy groups -OCH3 is 1. The molecule has 0 saturated heterocycles. The monoisotopic (exact) mass is 402 g/mol. The summed E-state index contributed by atoms with van der Waals surface area (Å²) >= 11 is 12.0. The molecule has 0 spiro atoms. The highest BCUT2D eigenvalue weighted by atomic mass is 35.5. The number of rotatable bonds is 5. The lowest BCUT2D eigenvalue weighted by Gasteiger charge is -2.18. The highest BCUT2D eigenvalue weighted by molar-refractivity contribution is 7.92. The van der Waals surface area contributed by atoms with E-state index in [4.69, 9.17) is 27.9 Å². The molecule has 0 radical (unpaired) electrons. The smallest absolute Gasteiger partial charge is 0.257 e. The van der Waals surface area contributed by atoms with Crippen LogP contribution in [-0.2, 0) is 10.0 Å². The fourth-order valence-corrected chi connectivity index (χ4v) is 2.91. The summed E-state index contributed by atoms with van der Waals surface area (Å²) in [7, 11) is -0.610. The number of ether oxygens (including phenoxy) is 1. The van der Waals surface area contributed by atoms with Gasteiger partial charge in [-0.2, -0.15) is 0 Å². The third-order valence-corrected chi connectivity index (χ3v) is 5.24. The van der Waals surface area contributed by atoms with Crippen LogP contribution in [0.25, 0.3) is 0 Å². The third kappa shape index (κ3) is 4.56. The number of benzene rings is 2. The number of hydrogen-bond donors (Lipinski definition) is 1. The number of halogens is 2. The topological polar surface area (TPSA) is 75.7 Å². The van der Waals surface area contributed by atoms with E-state index in [0.29, 0.717) is 22.1 Å². The molecule has 2 rings (SSSR count). The van der Waals surface area contributed by atoms with Crippen LogP contribution >= 0.6 is 23.2 Å². The average Bonchev–Trinajstić information content (AvgIpc) is 2.54. The molecule has 9 heteroatoms. The molecule has 0 bridgehead atoms. The SMILES string of the molecule is COc1ccc(Cl)cc1NC(=O)c1cc(N(C)S(C)(=O)=O)ccc1Cl. The maximum atomic E-state index is 12.6. The lowest BCUT2D eigenvalue weighted by molar-refractivity contribution is 0.102. The van der Waals surface area contributed by atoms with Crippen molar-refractivity contribution in [3.05, 3.63) is 52.0 Å². The molecule has 134 valence electrons. The van der Waals surface area contributed by atoms with Crippen LogP contribution < -0.4 is 14.4 Å². The number of nitrogens with one attached hydrogen (secondary N) is 1. The summed E-state index contributed by atoms with van der Waals surface area (Å²) in [6.07, 6.45) is 1.07. The van der Waals surface area contributed by atoms with Gasteiger partial charge in [-0.3, -0.25) is 9.10 Å². The number of carbonyl (C=O) groups excluding carboxylic acids is 1. The Bertz CT molecular complexity index is 916. The standard InChI is InChI=1S/C16H16Cl2N2O4S/c1-20(25(3,22)23)11-5-6-13(18)12(9-11)16(21)19-14-8-10(17)4-7-15(14)24-2/h4-9H,1-3H3,(H,19,21). The van der Waals surface area contributed by atoms with Gasteiger partial charge in [0.05, 0.1) is 35.3 Å². The van der Waals surface area contributed by atoms with Gasteiger partial charge in [0.15, 0.2) is 0 Å². The van der Waals surface area contributed by atoms with Crippen molar-refractivity contribution in [3.63, 3.8) is 0 Å². The fourth-order valence-electron chi connectivity index (χ4n) is 2.04. The number of anilines is 2. The summed E-state index contributed by atoms with van der Waals surface area (Å²) in [6, 6.07) is 9.16. The lowest BCUT2D eigenvalue weighted by atomic mass is 10.1. The minimum Gasteiger partial charge on any atom is -0.495 e. The average molecular weight is 403 g/mol. The minimum atomic E-state index is -3.47. The van der Waals surface area contributed by atoms with E-state index < -0.39 is 15.9 Å². The number of sulfonamides is 1. The fraction of sp³-hybridized carbons (Fsp3) is 0.188. The first kappa shape index (κ1) is 19.4. The summed E-state index contributed by atoms with van der Waals surface area (Å²) in [6.45, 7) is 0. The van der Waals surface area contributed by atoms with E-state index in [1.54, 1.807) is 18.2 Å². The Balaban J connectivity index is 2.38. The second-order valence-corrected chi connectivity index (χ2v) is 8.05. The zero-order valence-electron chi connectivity index (χ0n) is 13.7. The Kier molecular flexibility index (Phi) is 5.82. The predicted octanol–water partition coefficient (Wildman–Crippen LogP) is 3.65. The van der Waals surface area contributed by atoms with Crippen molar-refractivity contribution >= 4 is 50.5 Å². The van der Waals surface area contributed by atoms with Gasteiger partial charge >= 0.3 is 0 Å². The molecule has 1 amide bonds. The van der Waals surface area contributed by atoms with Crippen LogP contribution in [0.1, 0.15) is 10.4 Å². The molecule has 6 nitrogen and oxygen atoms in total. The number of amides is 1. The zero-order chi connectivity index (χ0) is 18.8. The van der Waals surface area contributed by atoms with E-state index in [9.17, 15) is 13.2 Å². The minimum absolute atomic E-state index is 0.122. The maximum Gasteiger partial charge on any atom is 0.257 e. The third-order valence-electron chi connectivity index (χ3n) is 3.47. The van der Waals surface area contributed by atoms with Crippen LogP contribution in [0, 0.1) is 0 Å². The number of carbonyl (C=O) groups is 1. The molecule has 0 atom stereocenters. The van der Waals surface area contributed by atoms with Crippen molar-refractivity contribution in [2.45, 2.75) is 0 Å². The molecule has 0 aliphatic rings. The molecule has 0 fully saturated rings. The van der Waals surface area contributed by atoms with Crippen molar-refractivity contribution in [2.24, 2.45) is 0 Å². The predicted molar refractivity (Wildman–Crippen MR) is 101 cm³/mol.